The highest BCUT2D eigenvalue weighted by Crippen LogP contribution is 1.97. The van der Waals surface area contributed by atoms with Gasteiger partial charge in [0.05, 0.1) is 6.61 Å². The van der Waals surface area contributed by atoms with E-state index < -0.39 is 0 Å². The molecule has 0 aliphatic heterocycles. The van der Waals surface area contributed by atoms with Gasteiger partial charge in [-0.15, -0.1) is 0 Å². The molecule has 0 saturated heterocycles. The maximum atomic E-state index is 11.3. The normalized spacial score (nSPS) is 9.79. The van der Waals surface area contributed by atoms with E-state index in [0.29, 0.717) is 25.3 Å². The molecule has 1 heterocycles. The number of methoxy groups -OCH3 is 1. The third kappa shape index (κ3) is 3.53. The summed E-state index contributed by atoms with van der Waals surface area (Å²) < 4.78 is 9.77. The van der Waals surface area contributed by atoms with E-state index in [9.17, 15) is 4.79 Å². The second-order valence-corrected chi connectivity index (χ2v) is 2.70. The topological polar surface area (TPSA) is 48.4 Å². The summed E-state index contributed by atoms with van der Waals surface area (Å²) in [5.41, 5.74) is 0.338. The Bertz CT molecular complexity index is 274. The Morgan fingerprint density at radius 3 is 2.93 bits per heavy atom. The lowest BCUT2D eigenvalue weighted by atomic mass is 10.3. The molecule has 0 amide bonds. The van der Waals surface area contributed by atoms with Crippen LogP contribution in [0.15, 0.2) is 24.4 Å². The molecule has 4 nitrogen and oxygen atoms in total. The number of rotatable bonds is 5. The van der Waals surface area contributed by atoms with E-state index in [1.54, 1.807) is 31.5 Å². The van der Waals surface area contributed by atoms with Gasteiger partial charge in [0.15, 0.2) is 0 Å². The van der Waals surface area contributed by atoms with Gasteiger partial charge in [-0.25, -0.2) is 9.78 Å². The molecule has 0 fully saturated rings. The highest BCUT2D eigenvalue weighted by Gasteiger charge is 2.06. The van der Waals surface area contributed by atoms with Crippen molar-refractivity contribution in [1.29, 1.82) is 0 Å². The molecule has 0 radical (unpaired) electrons. The lowest BCUT2D eigenvalue weighted by molar-refractivity contribution is 0.0461. The van der Waals surface area contributed by atoms with Crippen LogP contribution in [0.4, 0.5) is 0 Å². The predicted molar refractivity (Wildman–Crippen MR) is 51.0 cm³/mol. The van der Waals surface area contributed by atoms with Crippen LogP contribution in [0.1, 0.15) is 16.9 Å². The highest BCUT2D eigenvalue weighted by atomic mass is 16.5. The largest absolute Gasteiger partial charge is 0.461 e. The smallest absolute Gasteiger partial charge is 0.356 e. The van der Waals surface area contributed by atoms with Crippen LogP contribution >= 0.6 is 0 Å². The number of aromatic nitrogens is 1. The number of nitrogens with zero attached hydrogens (tertiary/aromatic N) is 1. The maximum Gasteiger partial charge on any atom is 0.356 e. The van der Waals surface area contributed by atoms with Crippen LogP contribution in [-0.2, 0) is 9.47 Å². The molecule has 0 bridgehead atoms. The Hall–Kier alpha value is -1.42. The van der Waals surface area contributed by atoms with Crippen molar-refractivity contribution in [2.24, 2.45) is 0 Å². The molecule has 0 aromatic carbocycles. The molecule has 76 valence electrons. The SMILES string of the molecule is COCCCOC(=O)c1ccccn1. The lowest BCUT2D eigenvalue weighted by Crippen LogP contribution is -2.09. The fraction of sp³-hybridized carbons (Fsp3) is 0.400. The van der Waals surface area contributed by atoms with E-state index in [1.807, 2.05) is 0 Å². The van der Waals surface area contributed by atoms with Gasteiger partial charge in [-0.3, -0.25) is 0 Å². The van der Waals surface area contributed by atoms with Gasteiger partial charge in [-0.2, -0.15) is 0 Å². The summed E-state index contributed by atoms with van der Waals surface area (Å²) in [6.07, 6.45) is 2.26. The molecule has 1 aromatic heterocycles. The Morgan fingerprint density at radius 2 is 2.29 bits per heavy atom. The third-order valence-corrected chi connectivity index (χ3v) is 1.60. The molecule has 0 N–H and O–H groups in total. The first-order chi connectivity index (χ1) is 6.84. The van der Waals surface area contributed by atoms with Gasteiger partial charge in [-0.05, 0) is 12.1 Å². The number of carbonyl (C=O) groups excluding carboxylic acids is 1. The summed E-state index contributed by atoms with van der Waals surface area (Å²) in [4.78, 5) is 15.2. The Labute approximate surface area is 82.9 Å². The maximum absolute atomic E-state index is 11.3. The van der Waals surface area contributed by atoms with E-state index in [0.717, 1.165) is 0 Å². The number of ether oxygens (including phenoxy) is 2. The van der Waals surface area contributed by atoms with Crippen LogP contribution in [0.3, 0.4) is 0 Å². The molecule has 0 aliphatic rings. The van der Waals surface area contributed by atoms with Gasteiger partial charge in [0.2, 0.25) is 0 Å². The average Bonchev–Trinajstić information content (AvgIpc) is 2.25. The highest BCUT2D eigenvalue weighted by molar-refractivity contribution is 5.87. The Kier molecular flexibility index (Phi) is 4.64. The fourth-order valence-electron chi connectivity index (χ4n) is 0.926. The second kappa shape index (κ2) is 6.10. The van der Waals surface area contributed by atoms with Crippen molar-refractivity contribution >= 4 is 5.97 Å². The Balaban J connectivity index is 2.29. The number of pyridine rings is 1. The van der Waals surface area contributed by atoms with Crippen molar-refractivity contribution in [3.05, 3.63) is 30.1 Å². The second-order valence-electron chi connectivity index (χ2n) is 2.70. The lowest BCUT2D eigenvalue weighted by Gasteiger charge is -2.02. The van der Waals surface area contributed by atoms with E-state index in [4.69, 9.17) is 9.47 Å². The molecule has 0 atom stereocenters. The van der Waals surface area contributed by atoms with Crippen LogP contribution in [0.25, 0.3) is 0 Å². The molecule has 0 aliphatic carbocycles. The zero-order valence-electron chi connectivity index (χ0n) is 8.10. The minimum Gasteiger partial charge on any atom is -0.461 e. The van der Waals surface area contributed by atoms with E-state index in [-0.39, 0.29) is 5.97 Å². The van der Waals surface area contributed by atoms with E-state index in [1.165, 1.54) is 0 Å². The van der Waals surface area contributed by atoms with E-state index >= 15 is 0 Å². The fourth-order valence-corrected chi connectivity index (χ4v) is 0.926. The minimum absolute atomic E-state index is 0.338. The number of hydrogen-bond donors (Lipinski definition) is 0. The Morgan fingerprint density at radius 1 is 1.43 bits per heavy atom. The van der Waals surface area contributed by atoms with Gasteiger partial charge >= 0.3 is 5.97 Å². The quantitative estimate of drug-likeness (QED) is 0.524. The van der Waals surface area contributed by atoms with Gasteiger partial charge < -0.3 is 9.47 Å². The third-order valence-electron chi connectivity index (χ3n) is 1.60. The van der Waals surface area contributed by atoms with Gasteiger partial charge in [0.25, 0.3) is 0 Å². The molecule has 4 heteroatoms. The monoisotopic (exact) mass is 195 g/mol. The standard InChI is InChI=1S/C10H13NO3/c1-13-7-4-8-14-10(12)9-5-2-3-6-11-9/h2-3,5-6H,4,7-8H2,1H3. The van der Waals surface area contributed by atoms with Crippen LogP contribution in [-0.4, -0.2) is 31.3 Å². The van der Waals surface area contributed by atoms with Crippen molar-refractivity contribution in [2.75, 3.05) is 20.3 Å². The molecule has 14 heavy (non-hydrogen) atoms. The minimum atomic E-state index is -0.387. The van der Waals surface area contributed by atoms with Crippen LogP contribution in [0.2, 0.25) is 0 Å². The summed E-state index contributed by atoms with van der Waals surface area (Å²) in [7, 11) is 1.61. The average molecular weight is 195 g/mol. The van der Waals surface area contributed by atoms with Gasteiger partial charge in [0, 0.05) is 26.3 Å². The van der Waals surface area contributed by atoms with Crippen molar-refractivity contribution in [3.63, 3.8) is 0 Å². The first-order valence-corrected chi connectivity index (χ1v) is 4.41. The zero-order valence-corrected chi connectivity index (χ0v) is 8.10. The summed E-state index contributed by atoms with van der Waals surface area (Å²) >= 11 is 0. The molecular formula is C10H13NO3. The van der Waals surface area contributed by atoms with Gasteiger partial charge in [0.1, 0.15) is 5.69 Å². The molecule has 1 rings (SSSR count). The zero-order chi connectivity index (χ0) is 10.2. The number of carbonyl (C=O) groups is 1. The summed E-state index contributed by atoms with van der Waals surface area (Å²) in [6, 6.07) is 5.12. The summed E-state index contributed by atoms with van der Waals surface area (Å²) in [5.74, 6) is -0.387. The van der Waals surface area contributed by atoms with Crippen molar-refractivity contribution in [1.82, 2.24) is 4.98 Å². The molecule has 0 unspecified atom stereocenters. The first-order valence-electron chi connectivity index (χ1n) is 4.41. The van der Waals surface area contributed by atoms with Crippen molar-refractivity contribution < 1.29 is 14.3 Å². The molecule has 1 aromatic rings. The predicted octanol–water partition coefficient (Wildman–Crippen LogP) is 1.27. The summed E-state index contributed by atoms with van der Waals surface area (Å²) in [5, 5.41) is 0. The van der Waals surface area contributed by atoms with Crippen molar-refractivity contribution in [2.45, 2.75) is 6.42 Å². The first kappa shape index (κ1) is 10.7. The van der Waals surface area contributed by atoms with E-state index in [2.05, 4.69) is 4.98 Å². The number of esters is 1. The summed E-state index contributed by atoms with van der Waals surface area (Å²) in [6.45, 7) is 0.957. The molecule has 0 spiro atoms. The van der Waals surface area contributed by atoms with Crippen LogP contribution in [0.5, 0.6) is 0 Å². The molecular weight excluding hydrogens is 182 g/mol. The number of hydrogen-bond acceptors (Lipinski definition) is 4. The van der Waals surface area contributed by atoms with Crippen LogP contribution < -0.4 is 0 Å². The van der Waals surface area contributed by atoms with Gasteiger partial charge in [-0.1, -0.05) is 6.07 Å². The molecule has 0 saturated carbocycles. The van der Waals surface area contributed by atoms with Crippen LogP contribution in [0, 0.1) is 0 Å². The van der Waals surface area contributed by atoms with Crippen molar-refractivity contribution in [3.8, 4) is 0 Å².